The normalized spacial score (nSPS) is 10.1. The van der Waals surface area contributed by atoms with Gasteiger partial charge in [-0.3, -0.25) is 20.2 Å². The van der Waals surface area contributed by atoms with Crippen molar-refractivity contribution < 1.29 is 24.0 Å². The van der Waals surface area contributed by atoms with E-state index in [2.05, 4.69) is 15.3 Å². The number of nitrogens with zero attached hydrogens (tertiary/aromatic N) is 3. The average molecular weight is 444 g/mol. The summed E-state index contributed by atoms with van der Waals surface area (Å²) in [5.74, 6) is -0.398. The Morgan fingerprint density at radius 1 is 1.10 bits per heavy atom. The van der Waals surface area contributed by atoms with Crippen molar-refractivity contribution in [3.05, 3.63) is 75.6 Å². The molecule has 0 bridgehead atoms. The van der Waals surface area contributed by atoms with Crippen molar-refractivity contribution in [2.75, 3.05) is 12.4 Å². The highest BCUT2D eigenvalue weighted by atomic mass is 35.5. The van der Waals surface area contributed by atoms with Gasteiger partial charge in [-0.2, -0.15) is 0 Å². The molecule has 31 heavy (non-hydrogen) atoms. The maximum absolute atomic E-state index is 12.2. The van der Waals surface area contributed by atoms with Crippen molar-refractivity contribution >= 4 is 34.9 Å². The van der Waals surface area contributed by atoms with Crippen LogP contribution in [0.1, 0.15) is 10.4 Å². The van der Waals surface area contributed by atoms with Crippen molar-refractivity contribution in [2.24, 2.45) is 0 Å². The second-order valence-electron chi connectivity index (χ2n) is 5.83. The molecule has 12 heteroatoms. The molecule has 3 rings (SSSR count). The number of carbonyl (C=O) groups is 2. The lowest BCUT2D eigenvalue weighted by Gasteiger charge is -2.12. The molecule has 2 aromatic carbocycles. The molecule has 1 heterocycles. The number of ether oxygens (including phenoxy) is 2. The Hall–Kier alpha value is -4.25. The molecule has 1 aromatic heterocycles. The third kappa shape index (κ3) is 5.42. The van der Waals surface area contributed by atoms with Gasteiger partial charge in [-0.05, 0) is 18.2 Å². The van der Waals surface area contributed by atoms with Gasteiger partial charge in [0.25, 0.3) is 11.6 Å². The van der Waals surface area contributed by atoms with Gasteiger partial charge in [0.2, 0.25) is 0 Å². The van der Waals surface area contributed by atoms with Gasteiger partial charge in [-0.1, -0.05) is 23.7 Å². The van der Waals surface area contributed by atoms with Crippen molar-refractivity contribution in [3.63, 3.8) is 0 Å². The van der Waals surface area contributed by atoms with Crippen LogP contribution in [0, 0.1) is 10.1 Å². The molecule has 0 aliphatic heterocycles. The summed E-state index contributed by atoms with van der Waals surface area (Å²) in [7, 11) is 1.40. The predicted octanol–water partition coefficient (Wildman–Crippen LogP) is 3.80. The first kappa shape index (κ1) is 21.5. The Labute approximate surface area is 180 Å². The first-order valence-corrected chi connectivity index (χ1v) is 8.94. The lowest BCUT2D eigenvalue weighted by Crippen LogP contribution is -2.34. The number of benzene rings is 2. The van der Waals surface area contributed by atoms with Crippen LogP contribution in [0.5, 0.6) is 17.5 Å². The molecule has 0 unspecified atom stereocenters. The fourth-order valence-electron chi connectivity index (χ4n) is 2.44. The van der Waals surface area contributed by atoms with Crippen LogP contribution < -0.4 is 20.1 Å². The van der Waals surface area contributed by atoms with Gasteiger partial charge in [0.15, 0.2) is 11.5 Å². The molecule has 3 amide bonds. The molecule has 0 radical (unpaired) electrons. The number of para-hydroxylation sites is 1. The third-order valence-corrected chi connectivity index (χ3v) is 3.99. The molecular formula is C19H14ClN5O6. The summed E-state index contributed by atoms with van der Waals surface area (Å²) in [5, 5.41) is 15.9. The van der Waals surface area contributed by atoms with E-state index in [9.17, 15) is 19.7 Å². The van der Waals surface area contributed by atoms with E-state index < -0.39 is 22.5 Å². The van der Waals surface area contributed by atoms with Gasteiger partial charge >= 0.3 is 12.0 Å². The summed E-state index contributed by atoms with van der Waals surface area (Å²) >= 11 is 5.73. The first-order valence-electron chi connectivity index (χ1n) is 8.56. The number of rotatable bonds is 6. The van der Waals surface area contributed by atoms with Gasteiger partial charge in [0.05, 0.1) is 29.4 Å². The molecule has 0 aliphatic rings. The van der Waals surface area contributed by atoms with E-state index in [1.54, 1.807) is 0 Å². The van der Waals surface area contributed by atoms with Gasteiger partial charge in [0, 0.05) is 17.8 Å². The number of hydrogen-bond acceptors (Lipinski definition) is 8. The maximum atomic E-state index is 12.2. The standard InChI is InChI=1S/C19H14ClN5O6/c1-30-16-8-12(6-7-15(16)31-19-21-9-11(20)10-22-19)23-18(27)24-17(26)13-4-2-3-5-14(13)25(28)29/h2-10H,1H3,(H2,23,24,26,27). The molecule has 3 aromatic rings. The lowest BCUT2D eigenvalue weighted by molar-refractivity contribution is -0.385. The largest absolute Gasteiger partial charge is 0.493 e. The van der Waals surface area contributed by atoms with E-state index in [1.807, 2.05) is 5.32 Å². The van der Waals surface area contributed by atoms with E-state index in [1.165, 1.54) is 62.0 Å². The summed E-state index contributed by atoms with van der Waals surface area (Å²) in [6.45, 7) is 0. The number of imide groups is 1. The van der Waals surface area contributed by atoms with E-state index in [-0.39, 0.29) is 28.8 Å². The molecule has 158 valence electrons. The number of hydrogen-bond donors (Lipinski definition) is 2. The number of amides is 3. The molecule has 2 N–H and O–H groups in total. The van der Waals surface area contributed by atoms with Crippen molar-refractivity contribution in [2.45, 2.75) is 0 Å². The predicted molar refractivity (Wildman–Crippen MR) is 110 cm³/mol. The molecule has 0 saturated carbocycles. The van der Waals surface area contributed by atoms with Crippen LogP contribution in [-0.2, 0) is 0 Å². The van der Waals surface area contributed by atoms with Gasteiger partial charge in [-0.25, -0.2) is 14.8 Å². The number of urea groups is 1. The number of nitro benzene ring substituents is 1. The van der Waals surface area contributed by atoms with Crippen LogP contribution in [0.3, 0.4) is 0 Å². The minimum Gasteiger partial charge on any atom is -0.493 e. The van der Waals surface area contributed by atoms with E-state index in [4.69, 9.17) is 21.1 Å². The second kappa shape index (κ2) is 9.50. The fourth-order valence-corrected chi connectivity index (χ4v) is 2.54. The molecular weight excluding hydrogens is 430 g/mol. The van der Waals surface area contributed by atoms with Crippen molar-refractivity contribution in [1.29, 1.82) is 0 Å². The summed E-state index contributed by atoms with van der Waals surface area (Å²) in [5.41, 5.74) is -0.388. The molecule has 0 aliphatic carbocycles. The zero-order valence-electron chi connectivity index (χ0n) is 15.9. The number of nitrogens with one attached hydrogen (secondary N) is 2. The SMILES string of the molecule is COc1cc(NC(=O)NC(=O)c2ccccc2[N+](=O)[O-])ccc1Oc1ncc(Cl)cn1. The number of nitro groups is 1. The molecule has 0 fully saturated rings. The lowest BCUT2D eigenvalue weighted by atomic mass is 10.1. The average Bonchev–Trinajstić information content (AvgIpc) is 2.76. The number of methoxy groups -OCH3 is 1. The topological polar surface area (TPSA) is 146 Å². The highest BCUT2D eigenvalue weighted by Gasteiger charge is 2.21. The van der Waals surface area contributed by atoms with Crippen molar-refractivity contribution in [3.8, 4) is 17.5 Å². The Kier molecular flexibility index (Phi) is 6.58. The molecule has 11 nitrogen and oxygen atoms in total. The Bertz CT molecular complexity index is 1140. The summed E-state index contributed by atoms with van der Waals surface area (Å²) < 4.78 is 10.8. The van der Waals surface area contributed by atoms with Gasteiger partial charge in [-0.15, -0.1) is 0 Å². The highest BCUT2D eigenvalue weighted by molar-refractivity contribution is 6.30. The van der Waals surface area contributed by atoms with Crippen LogP contribution in [0.4, 0.5) is 16.2 Å². The molecule has 0 saturated heterocycles. The molecule has 0 atom stereocenters. The van der Waals surface area contributed by atoms with Gasteiger partial charge < -0.3 is 14.8 Å². The summed E-state index contributed by atoms with van der Waals surface area (Å²) in [6.07, 6.45) is 2.73. The third-order valence-electron chi connectivity index (χ3n) is 3.79. The Balaban J connectivity index is 1.69. The van der Waals surface area contributed by atoms with Gasteiger partial charge in [0.1, 0.15) is 5.56 Å². The Morgan fingerprint density at radius 3 is 2.48 bits per heavy atom. The minimum absolute atomic E-state index is 0.0382. The van der Waals surface area contributed by atoms with Crippen LogP contribution >= 0.6 is 11.6 Å². The molecule has 0 spiro atoms. The summed E-state index contributed by atoms with van der Waals surface area (Å²) in [6, 6.07) is 8.86. The van der Waals surface area contributed by atoms with Crippen LogP contribution in [0.25, 0.3) is 0 Å². The van der Waals surface area contributed by atoms with E-state index in [0.717, 1.165) is 0 Å². The van der Waals surface area contributed by atoms with Crippen molar-refractivity contribution in [1.82, 2.24) is 15.3 Å². The first-order chi connectivity index (χ1) is 14.9. The smallest absolute Gasteiger partial charge is 0.326 e. The maximum Gasteiger partial charge on any atom is 0.326 e. The zero-order chi connectivity index (χ0) is 22.4. The summed E-state index contributed by atoms with van der Waals surface area (Å²) in [4.78, 5) is 42.6. The van der Waals surface area contributed by atoms with E-state index in [0.29, 0.717) is 5.02 Å². The van der Waals surface area contributed by atoms with Crippen LogP contribution in [0.2, 0.25) is 5.02 Å². The number of aromatic nitrogens is 2. The minimum atomic E-state index is -0.920. The second-order valence-corrected chi connectivity index (χ2v) is 6.27. The van der Waals surface area contributed by atoms with Crippen LogP contribution in [-0.4, -0.2) is 33.9 Å². The van der Waals surface area contributed by atoms with E-state index >= 15 is 0 Å². The quantitative estimate of drug-likeness (QED) is 0.432. The fraction of sp³-hybridized carbons (Fsp3) is 0.0526. The van der Waals surface area contributed by atoms with Crippen LogP contribution in [0.15, 0.2) is 54.9 Å². The zero-order valence-corrected chi connectivity index (χ0v) is 16.6. The monoisotopic (exact) mass is 443 g/mol. The number of halogens is 1. The highest BCUT2D eigenvalue weighted by Crippen LogP contribution is 2.32. The number of anilines is 1. The number of carbonyl (C=O) groups excluding carboxylic acids is 2. The Morgan fingerprint density at radius 2 is 1.81 bits per heavy atom.